The van der Waals surface area contributed by atoms with E-state index in [1.807, 2.05) is 40.5 Å². The zero-order valence-corrected chi connectivity index (χ0v) is 22.5. The molecular formula is C27H36N6O2S. The van der Waals surface area contributed by atoms with Gasteiger partial charge < -0.3 is 19.9 Å². The van der Waals surface area contributed by atoms with Crippen molar-refractivity contribution in [3.8, 4) is 5.75 Å². The minimum absolute atomic E-state index is 0.0688. The summed E-state index contributed by atoms with van der Waals surface area (Å²) in [4.78, 5) is 32.3. The lowest BCUT2D eigenvalue weighted by Gasteiger charge is -2.36. The molecule has 4 heterocycles. The highest BCUT2D eigenvalue weighted by Crippen LogP contribution is 2.39. The number of urea groups is 1. The highest BCUT2D eigenvalue weighted by molar-refractivity contribution is 7.19. The third kappa shape index (κ3) is 5.13. The van der Waals surface area contributed by atoms with Crippen molar-refractivity contribution in [2.75, 3.05) is 56.6 Å². The van der Waals surface area contributed by atoms with Crippen LogP contribution in [0.2, 0.25) is 0 Å². The number of likely N-dealkylation sites (N-methyl/N-ethyl adjacent to an activating group) is 1. The Balaban J connectivity index is 1.35. The second-order valence-corrected chi connectivity index (χ2v) is 11.1. The Morgan fingerprint density at radius 3 is 2.53 bits per heavy atom. The molecule has 3 aromatic rings. The maximum Gasteiger partial charge on any atom is 0.321 e. The average Bonchev–Trinajstić information content (AvgIpc) is 3.25. The van der Waals surface area contributed by atoms with Crippen molar-refractivity contribution in [2.45, 2.75) is 40.2 Å². The summed E-state index contributed by atoms with van der Waals surface area (Å²) in [5.74, 6) is 3.26. The molecule has 0 spiro atoms. The topological polar surface area (TPSA) is 73.8 Å². The van der Waals surface area contributed by atoms with E-state index in [1.165, 1.54) is 15.8 Å². The lowest BCUT2D eigenvalue weighted by atomic mass is 10.0. The summed E-state index contributed by atoms with van der Waals surface area (Å²) in [6.45, 7) is 12.7. The first-order valence-corrected chi connectivity index (χ1v) is 13.7. The van der Waals surface area contributed by atoms with Crippen molar-refractivity contribution >= 4 is 39.1 Å². The molecule has 2 aliphatic heterocycles. The van der Waals surface area contributed by atoms with Crippen LogP contribution in [0.4, 0.5) is 16.3 Å². The second-order valence-electron chi connectivity index (χ2n) is 10.00. The zero-order chi connectivity index (χ0) is 25.2. The first-order chi connectivity index (χ1) is 17.4. The van der Waals surface area contributed by atoms with Gasteiger partial charge in [-0.2, -0.15) is 0 Å². The molecule has 0 aliphatic carbocycles. The van der Waals surface area contributed by atoms with E-state index in [9.17, 15) is 4.79 Å². The number of amides is 2. The van der Waals surface area contributed by atoms with E-state index >= 15 is 0 Å². The Kier molecular flexibility index (Phi) is 7.29. The van der Waals surface area contributed by atoms with E-state index in [4.69, 9.17) is 14.7 Å². The van der Waals surface area contributed by atoms with Crippen LogP contribution < -0.4 is 15.0 Å². The van der Waals surface area contributed by atoms with Crippen molar-refractivity contribution in [3.63, 3.8) is 0 Å². The number of hydrogen-bond acceptors (Lipinski definition) is 7. The number of methoxy groups -OCH3 is 1. The van der Waals surface area contributed by atoms with Gasteiger partial charge in [0.05, 0.1) is 12.5 Å². The first-order valence-electron chi connectivity index (χ1n) is 12.9. The van der Waals surface area contributed by atoms with Crippen molar-refractivity contribution in [3.05, 3.63) is 40.5 Å². The number of ether oxygens (including phenoxy) is 1. The van der Waals surface area contributed by atoms with Gasteiger partial charge in [-0.05, 0) is 48.7 Å². The minimum atomic E-state index is -0.0688. The Bertz CT molecular complexity index is 1220. The van der Waals surface area contributed by atoms with Gasteiger partial charge in [0.15, 0.2) is 0 Å². The third-order valence-electron chi connectivity index (χ3n) is 7.05. The summed E-state index contributed by atoms with van der Waals surface area (Å²) < 4.78 is 5.20. The number of nitrogens with zero attached hydrogens (tertiary/aromatic N) is 5. The molecule has 2 aromatic heterocycles. The van der Waals surface area contributed by atoms with E-state index in [1.54, 1.807) is 7.11 Å². The molecule has 9 heteroatoms. The van der Waals surface area contributed by atoms with Crippen molar-refractivity contribution in [1.29, 1.82) is 0 Å². The molecule has 2 aliphatic rings. The number of carbonyl (C=O) groups excluding carboxylic acids is 1. The fourth-order valence-corrected chi connectivity index (χ4v) is 6.30. The molecule has 192 valence electrons. The third-order valence-corrected chi connectivity index (χ3v) is 8.16. The summed E-state index contributed by atoms with van der Waals surface area (Å²) in [6.07, 6.45) is 1.92. The Morgan fingerprint density at radius 1 is 1.11 bits per heavy atom. The van der Waals surface area contributed by atoms with Crippen LogP contribution in [-0.4, -0.2) is 72.2 Å². The number of aromatic nitrogens is 2. The maximum absolute atomic E-state index is 12.9. The maximum atomic E-state index is 12.9. The smallest absolute Gasteiger partial charge is 0.321 e. The van der Waals surface area contributed by atoms with E-state index in [0.29, 0.717) is 19.0 Å². The summed E-state index contributed by atoms with van der Waals surface area (Å²) in [6, 6.07) is 7.36. The molecule has 1 fully saturated rings. The van der Waals surface area contributed by atoms with Crippen LogP contribution in [0.5, 0.6) is 5.75 Å². The molecule has 0 bridgehead atoms. The molecule has 1 saturated heterocycles. The van der Waals surface area contributed by atoms with Gasteiger partial charge in [-0.15, -0.1) is 11.3 Å². The van der Waals surface area contributed by atoms with E-state index in [-0.39, 0.29) is 6.03 Å². The van der Waals surface area contributed by atoms with Crippen LogP contribution in [0.3, 0.4) is 0 Å². The summed E-state index contributed by atoms with van der Waals surface area (Å²) in [5.41, 5.74) is 2.20. The molecule has 0 radical (unpaired) electrons. The quantitative estimate of drug-likeness (QED) is 0.523. The van der Waals surface area contributed by atoms with Gasteiger partial charge >= 0.3 is 6.03 Å². The van der Waals surface area contributed by atoms with Gasteiger partial charge in [0.2, 0.25) is 0 Å². The Labute approximate surface area is 217 Å². The number of anilines is 2. The number of nitrogens with one attached hydrogen (secondary N) is 1. The molecule has 1 N–H and O–H groups in total. The molecule has 5 rings (SSSR count). The molecule has 2 amide bonds. The number of hydrogen-bond donors (Lipinski definition) is 1. The van der Waals surface area contributed by atoms with Crippen molar-refractivity contribution in [1.82, 2.24) is 19.8 Å². The molecular weight excluding hydrogens is 472 g/mol. The van der Waals surface area contributed by atoms with E-state index in [0.717, 1.165) is 73.5 Å². The summed E-state index contributed by atoms with van der Waals surface area (Å²) in [5, 5.41) is 4.25. The van der Waals surface area contributed by atoms with Crippen LogP contribution in [0, 0.1) is 5.92 Å². The second kappa shape index (κ2) is 10.6. The molecule has 36 heavy (non-hydrogen) atoms. The van der Waals surface area contributed by atoms with Gasteiger partial charge in [0.1, 0.15) is 22.2 Å². The summed E-state index contributed by atoms with van der Waals surface area (Å²) in [7, 11) is 1.63. The van der Waals surface area contributed by atoms with Gasteiger partial charge in [-0.1, -0.05) is 20.8 Å². The highest BCUT2D eigenvalue weighted by Gasteiger charge is 2.28. The normalized spacial score (nSPS) is 16.5. The number of fused-ring (bicyclic) bond motifs is 3. The SMILES string of the molecule is CCN1CCc2c(sc3nc(CC(C)C)nc(N4CCN(C(=O)Nc5ccc(OC)cc5)CC4)c23)C1. The first kappa shape index (κ1) is 24.8. The van der Waals surface area contributed by atoms with Crippen LogP contribution in [0.25, 0.3) is 10.2 Å². The van der Waals surface area contributed by atoms with Crippen molar-refractivity contribution in [2.24, 2.45) is 5.92 Å². The molecule has 8 nitrogen and oxygen atoms in total. The minimum Gasteiger partial charge on any atom is -0.497 e. The predicted octanol–water partition coefficient (Wildman–Crippen LogP) is 4.63. The molecule has 1 aromatic carbocycles. The number of rotatable bonds is 6. The standard InChI is InChI=1S/C27H36N6O2S/c1-5-31-11-10-21-22(17-31)36-26-24(21)25(29-23(30-26)16-18(2)3)32-12-14-33(15-13-32)27(34)28-19-6-8-20(35-4)9-7-19/h6-9,18H,5,10-17H2,1-4H3,(H,28,34). The number of benzene rings is 1. The molecule has 0 saturated carbocycles. The fraction of sp³-hybridized carbons (Fsp3) is 0.519. The van der Waals surface area contributed by atoms with Crippen LogP contribution in [-0.2, 0) is 19.4 Å². The average molecular weight is 509 g/mol. The molecule has 0 atom stereocenters. The lowest BCUT2D eigenvalue weighted by Crippen LogP contribution is -2.50. The van der Waals surface area contributed by atoms with Gasteiger partial charge in [0.25, 0.3) is 0 Å². The Morgan fingerprint density at radius 2 is 1.86 bits per heavy atom. The van der Waals surface area contributed by atoms with Gasteiger partial charge in [-0.3, -0.25) is 4.90 Å². The van der Waals surface area contributed by atoms with Crippen molar-refractivity contribution < 1.29 is 9.53 Å². The predicted molar refractivity (Wildman–Crippen MR) is 146 cm³/mol. The largest absolute Gasteiger partial charge is 0.497 e. The van der Waals surface area contributed by atoms with Gasteiger partial charge in [-0.25, -0.2) is 14.8 Å². The zero-order valence-electron chi connectivity index (χ0n) is 21.7. The fourth-order valence-electron chi connectivity index (χ4n) is 5.03. The monoisotopic (exact) mass is 508 g/mol. The number of carbonyl (C=O) groups is 1. The van der Waals surface area contributed by atoms with E-state index in [2.05, 4.69) is 35.9 Å². The number of piperazine rings is 1. The van der Waals surface area contributed by atoms with E-state index < -0.39 is 0 Å². The summed E-state index contributed by atoms with van der Waals surface area (Å²) >= 11 is 1.84. The number of thiophene rings is 1. The highest BCUT2D eigenvalue weighted by atomic mass is 32.1. The Hall–Kier alpha value is -2.91. The molecule has 0 unspecified atom stereocenters. The van der Waals surface area contributed by atoms with Crippen LogP contribution in [0.15, 0.2) is 24.3 Å². The van der Waals surface area contributed by atoms with Crippen LogP contribution >= 0.6 is 11.3 Å². The van der Waals surface area contributed by atoms with Gasteiger partial charge in [0, 0.05) is 56.3 Å². The van der Waals surface area contributed by atoms with Crippen LogP contribution in [0.1, 0.15) is 37.0 Å². The lowest BCUT2D eigenvalue weighted by molar-refractivity contribution is 0.208.